The molecule has 68 valence electrons. The van der Waals surface area contributed by atoms with Crippen molar-refractivity contribution in [3.05, 3.63) is 0 Å². The topological polar surface area (TPSA) is 21.3 Å². The van der Waals surface area contributed by atoms with Crippen LogP contribution in [0.25, 0.3) is 0 Å². The zero-order valence-corrected chi connectivity index (χ0v) is 8.02. The van der Waals surface area contributed by atoms with Crippen molar-refractivity contribution in [2.75, 3.05) is 20.3 Å². The van der Waals surface area contributed by atoms with Crippen LogP contribution in [0, 0.1) is 0 Å². The van der Waals surface area contributed by atoms with Crippen LogP contribution in [0.1, 0.15) is 33.1 Å². The highest BCUT2D eigenvalue weighted by Crippen LogP contribution is 1.92. The van der Waals surface area contributed by atoms with Gasteiger partial charge in [-0.05, 0) is 19.9 Å². The van der Waals surface area contributed by atoms with Gasteiger partial charge in [0.25, 0.3) is 0 Å². The Balaban J connectivity index is 2.97. The van der Waals surface area contributed by atoms with Gasteiger partial charge in [-0.25, -0.2) is 0 Å². The first-order valence-electron chi connectivity index (χ1n) is 4.53. The van der Waals surface area contributed by atoms with Gasteiger partial charge in [0, 0.05) is 13.2 Å². The molecule has 0 saturated heterocycles. The third-order valence-electron chi connectivity index (χ3n) is 1.69. The summed E-state index contributed by atoms with van der Waals surface area (Å²) in [5.41, 5.74) is 0. The van der Waals surface area contributed by atoms with E-state index in [1.807, 2.05) is 0 Å². The molecule has 0 saturated carbocycles. The van der Waals surface area contributed by atoms with Crippen molar-refractivity contribution >= 4 is 0 Å². The molecule has 0 aliphatic carbocycles. The molecule has 1 unspecified atom stereocenters. The molecule has 0 aromatic rings. The highest BCUT2D eigenvalue weighted by Gasteiger charge is 1.97. The van der Waals surface area contributed by atoms with Crippen molar-refractivity contribution in [3.63, 3.8) is 0 Å². The van der Waals surface area contributed by atoms with E-state index < -0.39 is 0 Å². The second kappa shape index (κ2) is 8.02. The quantitative estimate of drug-likeness (QED) is 0.572. The summed E-state index contributed by atoms with van der Waals surface area (Å²) in [7, 11) is 1.74. The van der Waals surface area contributed by atoms with Crippen LogP contribution in [0.3, 0.4) is 0 Å². The van der Waals surface area contributed by atoms with Crippen LogP contribution in [0.15, 0.2) is 0 Å². The molecule has 0 heterocycles. The Labute approximate surface area is 70.3 Å². The van der Waals surface area contributed by atoms with Gasteiger partial charge in [0.1, 0.15) is 0 Å². The fourth-order valence-corrected chi connectivity index (χ4v) is 1.03. The number of methoxy groups -OCH3 is 1. The van der Waals surface area contributed by atoms with Crippen LogP contribution in [0.5, 0.6) is 0 Å². The van der Waals surface area contributed by atoms with E-state index in [9.17, 15) is 0 Å². The monoisotopic (exact) mass is 159 g/mol. The fraction of sp³-hybridized carbons (Fsp3) is 1.00. The summed E-state index contributed by atoms with van der Waals surface area (Å²) in [5.74, 6) is 0. The molecule has 0 amide bonds. The molecular formula is C9H21NO. The average Bonchev–Trinajstić information content (AvgIpc) is 1.99. The predicted octanol–water partition coefficient (Wildman–Crippen LogP) is 1.80. The zero-order chi connectivity index (χ0) is 8.53. The summed E-state index contributed by atoms with van der Waals surface area (Å²) >= 11 is 0. The van der Waals surface area contributed by atoms with Crippen LogP contribution in [0.4, 0.5) is 0 Å². The molecule has 0 spiro atoms. The van der Waals surface area contributed by atoms with Crippen molar-refractivity contribution < 1.29 is 4.74 Å². The van der Waals surface area contributed by atoms with Crippen molar-refractivity contribution in [1.82, 2.24) is 5.32 Å². The van der Waals surface area contributed by atoms with Crippen LogP contribution in [-0.2, 0) is 4.74 Å². The van der Waals surface area contributed by atoms with Gasteiger partial charge in [-0.3, -0.25) is 0 Å². The van der Waals surface area contributed by atoms with Crippen molar-refractivity contribution in [2.45, 2.75) is 39.2 Å². The first kappa shape index (κ1) is 10.9. The Morgan fingerprint density at radius 1 is 1.36 bits per heavy atom. The smallest absolute Gasteiger partial charge is 0.0613 e. The van der Waals surface area contributed by atoms with E-state index >= 15 is 0 Å². The zero-order valence-electron chi connectivity index (χ0n) is 8.02. The second-order valence-electron chi connectivity index (χ2n) is 3.02. The van der Waals surface area contributed by atoms with Crippen LogP contribution in [0.2, 0.25) is 0 Å². The Kier molecular flexibility index (Phi) is 7.96. The Morgan fingerprint density at radius 3 is 2.64 bits per heavy atom. The van der Waals surface area contributed by atoms with Crippen LogP contribution < -0.4 is 5.32 Å². The lowest BCUT2D eigenvalue weighted by Gasteiger charge is -2.11. The highest BCUT2D eigenvalue weighted by molar-refractivity contribution is 4.57. The molecule has 0 fully saturated rings. The van der Waals surface area contributed by atoms with Gasteiger partial charge in [0.05, 0.1) is 6.61 Å². The highest BCUT2D eigenvalue weighted by atomic mass is 16.5. The molecular weight excluding hydrogens is 138 g/mol. The van der Waals surface area contributed by atoms with Crippen LogP contribution in [-0.4, -0.2) is 26.3 Å². The number of unbranched alkanes of at least 4 members (excludes halogenated alkanes) is 2. The number of nitrogens with one attached hydrogen (secondary N) is 1. The van der Waals surface area contributed by atoms with E-state index in [0.29, 0.717) is 6.04 Å². The third-order valence-corrected chi connectivity index (χ3v) is 1.69. The van der Waals surface area contributed by atoms with Crippen molar-refractivity contribution in [2.24, 2.45) is 0 Å². The van der Waals surface area contributed by atoms with Gasteiger partial charge in [-0.15, -0.1) is 0 Å². The molecule has 0 radical (unpaired) electrons. The van der Waals surface area contributed by atoms with E-state index in [1.54, 1.807) is 7.11 Å². The Hall–Kier alpha value is -0.0800. The maximum absolute atomic E-state index is 5.00. The first-order valence-corrected chi connectivity index (χ1v) is 4.53. The molecule has 2 nitrogen and oxygen atoms in total. The lowest BCUT2D eigenvalue weighted by Crippen LogP contribution is -2.30. The van der Waals surface area contributed by atoms with Gasteiger partial charge >= 0.3 is 0 Å². The summed E-state index contributed by atoms with van der Waals surface area (Å²) in [5, 5.41) is 3.39. The molecule has 1 N–H and O–H groups in total. The molecule has 2 heteroatoms. The lowest BCUT2D eigenvalue weighted by atomic mass is 10.2. The summed E-state index contributed by atoms with van der Waals surface area (Å²) in [6, 6.07) is 0.497. The number of ether oxygens (including phenoxy) is 1. The van der Waals surface area contributed by atoms with E-state index in [1.165, 1.54) is 19.3 Å². The molecule has 0 aliphatic rings. The maximum Gasteiger partial charge on any atom is 0.0613 e. The van der Waals surface area contributed by atoms with Crippen molar-refractivity contribution in [3.8, 4) is 0 Å². The minimum absolute atomic E-state index is 0.497. The van der Waals surface area contributed by atoms with Gasteiger partial charge in [-0.2, -0.15) is 0 Å². The Bertz CT molecular complexity index is 76.0. The SMILES string of the molecule is CCCCCNC(C)COC. The summed E-state index contributed by atoms with van der Waals surface area (Å²) < 4.78 is 5.00. The molecule has 0 bridgehead atoms. The molecule has 0 aliphatic heterocycles. The average molecular weight is 159 g/mol. The number of hydrogen-bond acceptors (Lipinski definition) is 2. The van der Waals surface area contributed by atoms with Gasteiger partial charge in [0.2, 0.25) is 0 Å². The minimum Gasteiger partial charge on any atom is -0.383 e. The van der Waals surface area contributed by atoms with Crippen LogP contribution >= 0.6 is 0 Å². The van der Waals surface area contributed by atoms with Crippen molar-refractivity contribution in [1.29, 1.82) is 0 Å². The summed E-state index contributed by atoms with van der Waals surface area (Å²) in [6.07, 6.45) is 3.90. The maximum atomic E-state index is 5.00. The predicted molar refractivity (Wildman–Crippen MR) is 48.9 cm³/mol. The molecule has 0 rings (SSSR count). The van der Waals surface area contributed by atoms with Gasteiger partial charge in [-0.1, -0.05) is 19.8 Å². The molecule has 1 atom stereocenters. The standard InChI is InChI=1S/C9H21NO/c1-4-5-6-7-10-9(2)8-11-3/h9-10H,4-8H2,1-3H3. The molecule has 11 heavy (non-hydrogen) atoms. The van der Waals surface area contributed by atoms with E-state index in [2.05, 4.69) is 19.2 Å². The molecule has 0 aromatic heterocycles. The minimum atomic E-state index is 0.497. The van der Waals surface area contributed by atoms with E-state index in [-0.39, 0.29) is 0 Å². The Morgan fingerprint density at radius 2 is 2.09 bits per heavy atom. The third kappa shape index (κ3) is 7.82. The number of hydrogen-bond donors (Lipinski definition) is 1. The van der Waals surface area contributed by atoms with E-state index in [0.717, 1.165) is 13.2 Å². The second-order valence-corrected chi connectivity index (χ2v) is 3.02. The summed E-state index contributed by atoms with van der Waals surface area (Å²) in [4.78, 5) is 0. The first-order chi connectivity index (χ1) is 5.31. The van der Waals surface area contributed by atoms with Gasteiger partial charge < -0.3 is 10.1 Å². The van der Waals surface area contributed by atoms with E-state index in [4.69, 9.17) is 4.74 Å². The number of rotatable bonds is 7. The summed E-state index contributed by atoms with van der Waals surface area (Å²) in [6.45, 7) is 6.30. The normalized spacial score (nSPS) is 13.4. The lowest BCUT2D eigenvalue weighted by molar-refractivity contribution is 0.172. The fourth-order valence-electron chi connectivity index (χ4n) is 1.03. The molecule has 0 aromatic carbocycles. The largest absolute Gasteiger partial charge is 0.383 e. The van der Waals surface area contributed by atoms with Gasteiger partial charge in [0.15, 0.2) is 0 Å².